The molecule has 0 saturated heterocycles. The van der Waals surface area contributed by atoms with E-state index in [4.69, 9.17) is 10.7 Å². The van der Waals surface area contributed by atoms with Crippen molar-refractivity contribution < 1.29 is 0 Å². The quantitative estimate of drug-likeness (QED) is 0.898. The molecule has 6 heteroatoms. The number of aliphatic imine (C=N–C) groups is 1. The number of anilines is 1. The molecule has 0 radical (unpaired) electrons. The highest BCUT2D eigenvalue weighted by Gasteiger charge is 2.50. The lowest BCUT2D eigenvalue weighted by molar-refractivity contribution is 0.0964. The maximum absolute atomic E-state index is 7.11. The largest absolute Gasteiger partial charge is 0.319 e. The highest BCUT2D eigenvalue weighted by molar-refractivity contribution is 5.96. The van der Waals surface area contributed by atoms with Crippen LogP contribution in [0.25, 0.3) is 0 Å². The summed E-state index contributed by atoms with van der Waals surface area (Å²) in [5, 5.41) is 3.47. The molecule has 1 atom stereocenters. The van der Waals surface area contributed by atoms with Crippen molar-refractivity contribution in [3.8, 4) is 0 Å². The summed E-state index contributed by atoms with van der Waals surface area (Å²) in [6.07, 6.45) is 4.84. The second-order valence-corrected chi connectivity index (χ2v) is 7.10. The van der Waals surface area contributed by atoms with Crippen LogP contribution in [0.3, 0.4) is 0 Å². The monoisotopic (exact) mass is 318 g/mol. The van der Waals surface area contributed by atoms with Crippen LogP contribution < -0.4 is 11.1 Å². The Morgan fingerprint density at radius 2 is 2.04 bits per heavy atom. The zero-order valence-electron chi connectivity index (χ0n) is 15.1. The Morgan fingerprint density at radius 1 is 1.39 bits per heavy atom. The molecule has 1 aromatic rings. The number of aromatic nitrogens is 2. The first-order valence-corrected chi connectivity index (χ1v) is 8.82. The number of guanidine groups is 1. The Balaban J connectivity index is 2.21. The zero-order chi connectivity index (χ0) is 16.8. The van der Waals surface area contributed by atoms with E-state index in [0.717, 1.165) is 42.7 Å². The average molecular weight is 318 g/mol. The van der Waals surface area contributed by atoms with Crippen molar-refractivity contribution in [2.24, 2.45) is 23.7 Å². The van der Waals surface area contributed by atoms with Gasteiger partial charge in [-0.1, -0.05) is 26.7 Å². The van der Waals surface area contributed by atoms with Gasteiger partial charge in [0.1, 0.15) is 23.0 Å². The summed E-state index contributed by atoms with van der Waals surface area (Å²) in [4.78, 5) is 11.7. The van der Waals surface area contributed by atoms with Crippen LogP contribution in [0.4, 0.5) is 5.82 Å². The third kappa shape index (κ3) is 2.26. The molecule has 3 N–H and O–H groups in total. The second-order valence-electron chi connectivity index (χ2n) is 7.10. The minimum atomic E-state index is -0.564. The molecule has 1 saturated carbocycles. The molecule has 2 aliphatic rings. The minimum absolute atomic E-state index is 0.359. The number of hydrogen-bond donors (Lipinski definition) is 2. The number of rotatable bonds is 3. The smallest absolute Gasteiger partial charge is 0.201 e. The van der Waals surface area contributed by atoms with Gasteiger partial charge in [0.2, 0.25) is 5.96 Å². The van der Waals surface area contributed by atoms with Crippen molar-refractivity contribution in [3.63, 3.8) is 0 Å². The van der Waals surface area contributed by atoms with E-state index in [0.29, 0.717) is 11.8 Å². The molecule has 1 aliphatic carbocycles. The van der Waals surface area contributed by atoms with Gasteiger partial charge in [0.15, 0.2) is 0 Å². The van der Waals surface area contributed by atoms with Gasteiger partial charge in [-0.25, -0.2) is 4.98 Å². The molecule has 0 aromatic carbocycles. The average Bonchev–Trinajstić information content (AvgIpc) is 3.16. The van der Waals surface area contributed by atoms with E-state index >= 15 is 0 Å². The fourth-order valence-electron chi connectivity index (χ4n) is 4.30. The SMILES string of the molecule is CCN1C(=NC)Nc2c(nc(C(C)C)n2C)C1(N)C1CCCC1. The lowest BCUT2D eigenvalue weighted by Gasteiger charge is -2.48. The van der Waals surface area contributed by atoms with Gasteiger partial charge in [0.05, 0.1) is 0 Å². The molecule has 2 heterocycles. The molecule has 0 amide bonds. The topological polar surface area (TPSA) is 71.5 Å². The molecule has 0 spiro atoms. The first kappa shape index (κ1) is 16.3. The predicted octanol–water partition coefficient (Wildman–Crippen LogP) is 2.58. The molecule has 128 valence electrons. The highest BCUT2D eigenvalue weighted by atomic mass is 15.4. The molecule has 23 heavy (non-hydrogen) atoms. The first-order chi connectivity index (χ1) is 10.9. The molecular formula is C17H30N6. The van der Waals surface area contributed by atoms with E-state index in [-0.39, 0.29) is 0 Å². The Hall–Kier alpha value is -1.56. The molecule has 3 rings (SSSR count). The summed E-state index contributed by atoms with van der Waals surface area (Å²) in [7, 11) is 3.89. The summed E-state index contributed by atoms with van der Waals surface area (Å²) in [5.41, 5.74) is 7.54. The van der Waals surface area contributed by atoms with Gasteiger partial charge < -0.3 is 20.5 Å². The first-order valence-electron chi connectivity index (χ1n) is 8.82. The zero-order valence-corrected chi connectivity index (χ0v) is 15.1. The number of fused-ring (bicyclic) bond motifs is 1. The number of nitrogens with one attached hydrogen (secondary N) is 1. The molecule has 1 aromatic heterocycles. The summed E-state index contributed by atoms with van der Waals surface area (Å²) in [5.74, 6) is 3.72. The van der Waals surface area contributed by atoms with Gasteiger partial charge >= 0.3 is 0 Å². The fourth-order valence-corrected chi connectivity index (χ4v) is 4.30. The van der Waals surface area contributed by atoms with E-state index in [1.54, 1.807) is 0 Å². The summed E-state index contributed by atoms with van der Waals surface area (Å²) < 4.78 is 2.15. The van der Waals surface area contributed by atoms with Crippen LogP contribution in [0.15, 0.2) is 4.99 Å². The molecule has 6 nitrogen and oxygen atoms in total. The van der Waals surface area contributed by atoms with Crippen LogP contribution in [0, 0.1) is 5.92 Å². The van der Waals surface area contributed by atoms with Crippen molar-refractivity contribution in [1.82, 2.24) is 14.5 Å². The predicted molar refractivity (Wildman–Crippen MR) is 94.5 cm³/mol. The van der Waals surface area contributed by atoms with Crippen molar-refractivity contribution in [2.75, 3.05) is 18.9 Å². The van der Waals surface area contributed by atoms with Crippen molar-refractivity contribution in [2.45, 2.75) is 58.0 Å². The summed E-state index contributed by atoms with van der Waals surface area (Å²) in [6.45, 7) is 7.31. The van der Waals surface area contributed by atoms with Crippen LogP contribution in [0.2, 0.25) is 0 Å². The van der Waals surface area contributed by atoms with E-state index in [1.807, 2.05) is 7.05 Å². The third-order valence-electron chi connectivity index (χ3n) is 5.46. The van der Waals surface area contributed by atoms with Gasteiger partial charge in [-0.3, -0.25) is 4.99 Å². The summed E-state index contributed by atoms with van der Waals surface area (Å²) in [6, 6.07) is 0. The van der Waals surface area contributed by atoms with Crippen molar-refractivity contribution >= 4 is 11.8 Å². The highest BCUT2D eigenvalue weighted by Crippen LogP contribution is 2.46. The van der Waals surface area contributed by atoms with Gasteiger partial charge in [0, 0.05) is 32.5 Å². The van der Waals surface area contributed by atoms with Gasteiger partial charge in [0.25, 0.3) is 0 Å². The number of nitrogens with two attached hydrogens (primary N) is 1. The Kier molecular flexibility index (Phi) is 4.12. The van der Waals surface area contributed by atoms with Gasteiger partial charge in [-0.05, 0) is 19.8 Å². The number of hydrogen-bond acceptors (Lipinski definition) is 3. The maximum Gasteiger partial charge on any atom is 0.201 e. The van der Waals surface area contributed by atoms with Crippen LogP contribution in [0.5, 0.6) is 0 Å². The number of imidazole rings is 1. The molecule has 1 fully saturated rings. The van der Waals surface area contributed by atoms with Crippen LogP contribution in [0.1, 0.15) is 63.9 Å². The van der Waals surface area contributed by atoms with E-state index in [9.17, 15) is 0 Å². The molecular weight excluding hydrogens is 288 g/mol. The van der Waals surface area contributed by atoms with Crippen molar-refractivity contribution in [1.29, 1.82) is 0 Å². The lowest BCUT2D eigenvalue weighted by Crippen LogP contribution is -2.64. The Bertz CT molecular complexity index is 611. The Labute approximate surface area is 139 Å². The second kappa shape index (κ2) is 5.82. The standard InChI is InChI=1S/C17H30N6/c1-6-23-16(19-4)21-15-13(20-14(11(2)3)22(15)5)17(23,18)12-9-7-8-10-12/h11-12H,6-10,18H2,1-5H3,(H,19,21). The normalized spacial score (nSPS) is 26.9. The van der Waals surface area contributed by atoms with E-state index < -0.39 is 5.66 Å². The Morgan fingerprint density at radius 3 is 2.57 bits per heavy atom. The van der Waals surface area contributed by atoms with Crippen LogP contribution in [-0.2, 0) is 12.7 Å². The van der Waals surface area contributed by atoms with E-state index in [2.05, 4.69) is 47.6 Å². The molecule has 1 aliphatic heterocycles. The van der Waals surface area contributed by atoms with Gasteiger partial charge in [-0.15, -0.1) is 0 Å². The molecule has 0 bridgehead atoms. The number of nitrogens with zero attached hydrogens (tertiary/aromatic N) is 4. The third-order valence-corrected chi connectivity index (χ3v) is 5.46. The van der Waals surface area contributed by atoms with Crippen molar-refractivity contribution in [3.05, 3.63) is 11.5 Å². The van der Waals surface area contributed by atoms with Gasteiger partial charge in [-0.2, -0.15) is 0 Å². The van der Waals surface area contributed by atoms with E-state index in [1.165, 1.54) is 12.8 Å². The lowest BCUT2D eigenvalue weighted by atomic mass is 9.85. The molecule has 1 unspecified atom stereocenters. The van der Waals surface area contributed by atoms with Crippen LogP contribution in [-0.4, -0.2) is 34.0 Å². The van der Waals surface area contributed by atoms with Crippen LogP contribution >= 0.6 is 0 Å². The fraction of sp³-hybridized carbons (Fsp3) is 0.765. The minimum Gasteiger partial charge on any atom is -0.319 e. The summed E-state index contributed by atoms with van der Waals surface area (Å²) >= 11 is 0. The maximum atomic E-state index is 7.11.